The Morgan fingerprint density at radius 1 is 1.37 bits per heavy atom. The summed E-state index contributed by atoms with van der Waals surface area (Å²) in [5, 5.41) is 3.00. The minimum Gasteiger partial charge on any atom is -0.354 e. The summed E-state index contributed by atoms with van der Waals surface area (Å²) in [7, 11) is 0. The second-order valence-electron chi connectivity index (χ2n) is 5.86. The SMILES string of the molecule is CC(C)C(N)CNC(=O)C1CCc2ccccc2C1. The Kier molecular flexibility index (Phi) is 4.59. The van der Waals surface area contributed by atoms with E-state index in [1.165, 1.54) is 11.1 Å². The molecule has 0 radical (unpaired) electrons. The van der Waals surface area contributed by atoms with Crippen LogP contribution in [0.3, 0.4) is 0 Å². The van der Waals surface area contributed by atoms with Crippen LogP contribution < -0.4 is 11.1 Å². The molecule has 19 heavy (non-hydrogen) atoms. The predicted octanol–water partition coefficient (Wildman–Crippen LogP) is 1.89. The number of nitrogens with two attached hydrogens (primary N) is 1. The molecule has 0 spiro atoms. The molecule has 1 aromatic carbocycles. The number of benzene rings is 1. The van der Waals surface area contributed by atoms with Gasteiger partial charge in [-0.1, -0.05) is 38.1 Å². The Morgan fingerprint density at radius 3 is 2.74 bits per heavy atom. The highest BCUT2D eigenvalue weighted by Gasteiger charge is 2.24. The molecule has 3 heteroatoms. The second-order valence-corrected chi connectivity index (χ2v) is 5.86. The Labute approximate surface area is 115 Å². The first-order chi connectivity index (χ1) is 9.08. The summed E-state index contributed by atoms with van der Waals surface area (Å²) in [4.78, 5) is 12.2. The van der Waals surface area contributed by atoms with E-state index in [1.807, 2.05) is 6.07 Å². The molecule has 1 aliphatic rings. The van der Waals surface area contributed by atoms with Crippen molar-refractivity contribution in [2.45, 2.75) is 39.2 Å². The molecule has 0 aromatic heterocycles. The van der Waals surface area contributed by atoms with Gasteiger partial charge in [-0.2, -0.15) is 0 Å². The van der Waals surface area contributed by atoms with Crippen LogP contribution in [-0.4, -0.2) is 18.5 Å². The van der Waals surface area contributed by atoms with Gasteiger partial charge < -0.3 is 11.1 Å². The zero-order valence-corrected chi connectivity index (χ0v) is 11.9. The highest BCUT2D eigenvalue weighted by Crippen LogP contribution is 2.25. The highest BCUT2D eigenvalue weighted by atomic mass is 16.1. The maximum atomic E-state index is 12.2. The van der Waals surface area contributed by atoms with Crippen molar-refractivity contribution in [3.63, 3.8) is 0 Å². The molecule has 2 rings (SSSR count). The van der Waals surface area contributed by atoms with Crippen LogP contribution in [0.2, 0.25) is 0 Å². The van der Waals surface area contributed by atoms with E-state index in [0.717, 1.165) is 19.3 Å². The lowest BCUT2D eigenvalue weighted by atomic mass is 9.83. The van der Waals surface area contributed by atoms with Gasteiger partial charge in [0, 0.05) is 18.5 Å². The van der Waals surface area contributed by atoms with Crippen molar-refractivity contribution in [2.24, 2.45) is 17.6 Å². The zero-order valence-electron chi connectivity index (χ0n) is 11.9. The van der Waals surface area contributed by atoms with Crippen molar-refractivity contribution in [3.8, 4) is 0 Å². The summed E-state index contributed by atoms with van der Waals surface area (Å²) in [6.07, 6.45) is 2.81. The lowest BCUT2D eigenvalue weighted by Gasteiger charge is -2.25. The first kappa shape index (κ1) is 14.1. The number of amides is 1. The summed E-state index contributed by atoms with van der Waals surface area (Å²) >= 11 is 0. The molecule has 3 N–H and O–H groups in total. The minimum atomic E-state index is 0.0415. The van der Waals surface area contributed by atoms with Crippen LogP contribution in [0.5, 0.6) is 0 Å². The van der Waals surface area contributed by atoms with Crippen LogP contribution in [0, 0.1) is 11.8 Å². The van der Waals surface area contributed by atoms with Crippen LogP contribution in [0.25, 0.3) is 0 Å². The van der Waals surface area contributed by atoms with Crippen molar-refractivity contribution in [3.05, 3.63) is 35.4 Å². The quantitative estimate of drug-likeness (QED) is 0.868. The lowest BCUT2D eigenvalue weighted by molar-refractivity contribution is -0.125. The molecule has 0 saturated carbocycles. The predicted molar refractivity (Wildman–Crippen MR) is 77.8 cm³/mol. The molecule has 0 bridgehead atoms. The number of hydrogen-bond acceptors (Lipinski definition) is 2. The van der Waals surface area contributed by atoms with E-state index in [9.17, 15) is 4.79 Å². The van der Waals surface area contributed by atoms with Crippen molar-refractivity contribution in [1.82, 2.24) is 5.32 Å². The fourth-order valence-electron chi connectivity index (χ4n) is 2.52. The summed E-state index contributed by atoms with van der Waals surface area (Å²) in [6, 6.07) is 8.46. The van der Waals surface area contributed by atoms with Gasteiger partial charge in [0.2, 0.25) is 5.91 Å². The minimum absolute atomic E-state index is 0.0415. The number of carbonyl (C=O) groups excluding carboxylic acids is 1. The number of aryl methyl sites for hydroxylation is 1. The van der Waals surface area contributed by atoms with Gasteiger partial charge in [0.25, 0.3) is 0 Å². The van der Waals surface area contributed by atoms with Gasteiger partial charge in [0.15, 0.2) is 0 Å². The first-order valence-electron chi connectivity index (χ1n) is 7.18. The molecule has 0 heterocycles. The van der Waals surface area contributed by atoms with Crippen LogP contribution in [-0.2, 0) is 17.6 Å². The topological polar surface area (TPSA) is 55.1 Å². The van der Waals surface area contributed by atoms with Crippen molar-refractivity contribution >= 4 is 5.91 Å². The molecular weight excluding hydrogens is 236 g/mol. The Morgan fingerprint density at radius 2 is 2.05 bits per heavy atom. The first-order valence-corrected chi connectivity index (χ1v) is 7.18. The number of rotatable bonds is 4. The molecule has 2 unspecified atom stereocenters. The standard InChI is InChI=1S/C16H24N2O/c1-11(2)15(17)10-18-16(19)14-8-7-12-5-3-4-6-13(12)9-14/h3-6,11,14-15H,7-10,17H2,1-2H3,(H,18,19). The maximum absolute atomic E-state index is 12.2. The van der Waals surface area contributed by atoms with Gasteiger partial charge in [-0.25, -0.2) is 0 Å². The third kappa shape index (κ3) is 3.57. The van der Waals surface area contributed by atoms with Crippen LogP contribution >= 0.6 is 0 Å². The molecular formula is C16H24N2O. The molecule has 3 nitrogen and oxygen atoms in total. The molecule has 104 valence electrons. The van der Waals surface area contributed by atoms with Crippen molar-refractivity contribution in [1.29, 1.82) is 0 Å². The zero-order chi connectivity index (χ0) is 13.8. The van der Waals surface area contributed by atoms with Crippen LogP contribution in [0.1, 0.15) is 31.4 Å². The molecule has 1 aliphatic carbocycles. The third-order valence-electron chi connectivity index (χ3n) is 4.09. The fourth-order valence-corrected chi connectivity index (χ4v) is 2.52. The second kappa shape index (κ2) is 6.20. The molecule has 0 fully saturated rings. The summed E-state index contributed by atoms with van der Waals surface area (Å²) in [5.41, 5.74) is 8.67. The number of carbonyl (C=O) groups is 1. The van der Waals surface area contributed by atoms with E-state index >= 15 is 0 Å². The monoisotopic (exact) mass is 260 g/mol. The van der Waals surface area contributed by atoms with E-state index in [1.54, 1.807) is 0 Å². The normalized spacial score (nSPS) is 19.9. The highest BCUT2D eigenvalue weighted by molar-refractivity contribution is 5.79. The van der Waals surface area contributed by atoms with Gasteiger partial charge >= 0.3 is 0 Å². The van der Waals surface area contributed by atoms with E-state index in [0.29, 0.717) is 12.5 Å². The van der Waals surface area contributed by atoms with Crippen LogP contribution in [0.4, 0.5) is 0 Å². The van der Waals surface area contributed by atoms with Gasteiger partial charge in [-0.05, 0) is 36.3 Å². The number of nitrogens with one attached hydrogen (secondary N) is 1. The van der Waals surface area contributed by atoms with E-state index in [-0.39, 0.29) is 17.9 Å². The molecule has 1 amide bonds. The summed E-state index contributed by atoms with van der Waals surface area (Å²) in [5.74, 6) is 0.659. The van der Waals surface area contributed by atoms with E-state index < -0.39 is 0 Å². The van der Waals surface area contributed by atoms with E-state index in [4.69, 9.17) is 5.73 Å². The van der Waals surface area contributed by atoms with Crippen LogP contribution in [0.15, 0.2) is 24.3 Å². The van der Waals surface area contributed by atoms with Gasteiger partial charge in [-0.15, -0.1) is 0 Å². The Balaban J connectivity index is 1.89. The summed E-state index contributed by atoms with van der Waals surface area (Å²) in [6.45, 7) is 4.73. The van der Waals surface area contributed by atoms with Gasteiger partial charge in [-0.3, -0.25) is 4.79 Å². The molecule has 0 aliphatic heterocycles. The van der Waals surface area contributed by atoms with E-state index in [2.05, 4.69) is 37.4 Å². The average molecular weight is 260 g/mol. The number of fused-ring (bicyclic) bond motifs is 1. The third-order valence-corrected chi connectivity index (χ3v) is 4.09. The Hall–Kier alpha value is -1.35. The van der Waals surface area contributed by atoms with Gasteiger partial charge in [0.05, 0.1) is 0 Å². The van der Waals surface area contributed by atoms with Crippen molar-refractivity contribution in [2.75, 3.05) is 6.54 Å². The molecule has 2 atom stereocenters. The molecule has 1 aromatic rings. The molecule has 0 saturated heterocycles. The fraction of sp³-hybridized carbons (Fsp3) is 0.562. The maximum Gasteiger partial charge on any atom is 0.223 e. The largest absolute Gasteiger partial charge is 0.354 e. The van der Waals surface area contributed by atoms with Gasteiger partial charge in [0.1, 0.15) is 0 Å². The number of hydrogen-bond donors (Lipinski definition) is 2. The Bertz CT molecular complexity index is 442. The lowest BCUT2D eigenvalue weighted by Crippen LogP contribution is -2.43. The average Bonchev–Trinajstić information content (AvgIpc) is 2.43. The smallest absolute Gasteiger partial charge is 0.223 e. The summed E-state index contributed by atoms with van der Waals surface area (Å²) < 4.78 is 0. The van der Waals surface area contributed by atoms with Crippen molar-refractivity contribution < 1.29 is 4.79 Å².